The molecule has 25 heavy (non-hydrogen) atoms. The van der Waals surface area contributed by atoms with E-state index in [4.69, 9.17) is 4.74 Å². The largest absolute Gasteiger partial charge is 0.465 e. The first-order valence-corrected chi connectivity index (χ1v) is 8.48. The van der Waals surface area contributed by atoms with Gasteiger partial charge < -0.3 is 4.74 Å². The Bertz CT molecular complexity index is 900. The average Bonchev–Trinajstić information content (AvgIpc) is 2.85. The molecule has 0 saturated carbocycles. The first-order valence-electron chi connectivity index (χ1n) is 7.69. The maximum atomic E-state index is 13.1. The highest BCUT2D eigenvalue weighted by atomic mass is 79.9. The van der Waals surface area contributed by atoms with Gasteiger partial charge in [0.15, 0.2) is 0 Å². The maximum Gasteiger partial charge on any atom is 0.340 e. The molecule has 0 unspecified atom stereocenters. The number of hydrogen-bond donors (Lipinski definition) is 0. The number of amides is 1. The number of rotatable bonds is 3. The fourth-order valence-corrected chi connectivity index (χ4v) is 3.21. The van der Waals surface area contributed by atoms with E-state index in [1.807, 2.05) is 54.6 Å². The molecule has 3 rings (SSSR count). The molecule has 5 heteroatoms. The highest BCUT2D eigenvalue weighted by Gasteiger charge is 2.37. The number of esters is 1. The Balaban J connectivity index is 2.15. The zero-order valence-corrected chi connectivity index (χ0v) is 15.4. The van der Waals surface area contributed by atoms with Crippen molar-refractivity contribution < 1.29 is 14.3 Å². The summed E-state index contributed by atoms with van der Waals surface area (Å²) in [6, 6.07) is 16.8. The Morgan fingerprint density at radius 3 is 2.48 bits per heavy atom. The predicted molar refractivity (Wildman–Crippen MR) is 101 cm³/mol. The Morgan fingerprint density at radius 2 is 1.84 bits per heavy atom. The summed E-state index contributed by atoms with van der Waals surface area (Å²) in [4.78, 5) is 26.9. The maximum absolute atomic E-state index is 13.1. The SMILES string of the molecule is COC(=O)C1=C(C)N(c2cccc(Br)c2)C(=O)/C1=C\c1ccccc1. The van der Waals surface area contributed by atoms with E-state index in [-0.39, 0.29) is 11.5 Å². The number of hydrogen-bond acceptors (Lipinski definition) is 3. The van der Waals surface area contributed by atoms with Crippen molar-refractivity contribution in [2.45, 2.75) is 6.92 Å². The zero-order valence-electron chi connectivity index (χ0n) is 13.8. The van der Waals surface area contributed by atoms with Gasteiger partial charge in [-0.05, 0) is 36.8 Å². The normalized spacial score (nSPS) is 15.9. The van der Waals surface area contributed by atoms with Crippen molar-refractivity contribution >= 4 is 39.6 Å². The van der Waals surface area contributed by atoms with Gasteiger partial charge in [-0.3, -0.25) is 9.69 Å². The molecule has 0 fully saturated rings. The average molecular weight is 398 g/mol. The molecule has 0 atom stereocenters. The van der Waals surface area contributed by atoms with Crippen LogP contribution in [0, 0.1) is 0 Å². The Morgan fingerprint density at radius 1 is 1.12 bits per heavy atom. The van der Waals surface area contributed by atoms with Gasteiger partial charge in [-0.2, -0.15) is 0 Å². The zero-order chi connectivity index (χ0) is 18.0. The second-order valence-electron chi connectivity index (χ2n) is 5.54. The van der Waals surface area contributed by atoms with Gasteiger partial charge in [0.2, 0.25) is 0 Å². The molecule has 1 aliphatic rings. The van der Waals surface area contributed by atoms with Gasteiger partial charge in [0.25, 0.3) is 5.91 Å². The Hall–Kier alpha value is -2.66. The van der Waals surface area contributed by atoms with Crippen LogP contribution in [0.25, 0.3) is 6.08 Å². The lowest BCUT2D eigenvalue weighted by molar-refractivity contribution is -0.136. The van der Waals surface area contributed by atoms with Crippen LogP contribution in [0.2, 0.25) is 0 Å². The van der Waals surface area contributed by atoms with Crippen LogP contribution in [0.3, 0.4) is 0 Å². The van der Waals surface area contributed by atoms with Crippen molar-refractivity contribution in [2.75, 3.05) is 12.0 Å². The van der Waals surface area contributed by atoms with Gasteiger partial charge in [-0.15, -0.1) is 0 Å². The molecule has 1 amide bonds. The summed E-state index contributed by atoms with van der Waals surface area (Å²) in [7, 11) is 1.31. The molecule has 2 aromatic carbocycles. The summed E-state index contributed by atoms with van der Waals surface area (Å²) in [6.07, 6.45) is 1.72. The van der Waals surface area contributed by atoms with Crippen LogP contribution in [0.15, 0.2) is 75.9 Å². The van der Waals surface area contributed by atoms with Crippen LogP contribution in [0.1, 0.15) is 12.5 Å². The summed E-state index contributed by atoms with van der Waals surface area (Å²) < 4.78 is 5.76. The number of ether oxygens (including phenoxy) is 1. The summed E-state index contributed by atoms with van der Waals surface area (Å²) >= 11 is 3.42. The molecule has 126 valence electrons. The third kappa shape index (κ3) is 3.28. The van der Waals surface area contributed by atoms with E-state index in [0.717, 1.165) is 10.0 Å². The smallest absolute Gasteiger partial charge is 0.340 e. The van der Waals surface area contributed by atoms with Crippen LogP contribution >= 0.6 is 15.9 Å². The van der Waals surface area contributed by atoms with Crippen molar-refractivity contribution in [3.63, 3.8) is 0 Å². The standard InChI is InChI=1S/C20H16BrNO3/c1-13-18(20(24)25-2)17(11-14-7-4-3-5-8-14)19(23)22(13)16-10-6-9-15(21)12-16/h3-12H,1-2H3/b17-11-. The van der Waals surface area contributed by atoms with Gasteiger partial charge in [0, 0.05) is 10.2 Å². The lowest BCUT2D eigenvalue weighted by atomic mass is 10.0. The van der Waals surface area contributed by atoms with Crippen molar-refractivity contribution in [2.24, 2.45) is 0 Å². The van der Waals surface area contributed by atoms with Gasteiger partial charge in [-0.1, -0.05) is 52.3 Å². The van der Waals surface area contributed by atoms with Crippen molar-refractivity contribution in [3.05, 3.63) is 81.5 Å². The van der Waals surface area contributed by atoms with E-state index in [0.29, 0.717) is 17.0 Å². The lowest BCUT2D eigenvalue weighted by Gasteiger charge is -2.18. The summed E-state index contributed by atoms with van der Waals surface area (Å²) in [5.74, 6) is -0.773. The van der Waals surface area contributed by atoms with Crippen molar-refractivity contribution in [3.8, 4) is 0 Å². The Labute approximate surface area is 154 Å². The van der Waals surface area contributed by atoms with Crippen LogP contribution in [-0.4, -0.2) is 19.0 Å². The minimum absolute atomic E-state index is 0.250. The second-order valence-corrected chi connectivity index (χ2v) is 6.46. The van der Waals surface area contributed by atoms with E-state index in [9.17, 15) is 9.59 Å². The molecular formula is C20H16BrNO3. The summed E-state index contributed by atoms with van der Waals surface area (Å²) in [5, 5.41) is 0. The van der Waals surface area contributed by atoms with Gasteiger partial charge >= 0.3 is 5.97 Å². The van der Waals surface area contributed by atoms with E-state index in [2.05, 4.69) is 15.9 Å². The van der Waals surface area contributed by atoms with Crippen molar-refractivity contribution in [1.82, 2.24) is 0 Å². The van der Waals surface area contributed by atoms with Crippen molar-refractivity contribution in [1.29, 1.82) is 0 Å². The highest BCUT2D eigenvalue weighted by Crippen LogP contribution is 2.36. The molecule has 0 radical (unpaired) electrons. The highest BCUT2D eigenvalue weighted by molar-refractivity contribution is 9.10. The molecule has 0 bridgehead atoms. The van der Waals surface area contributed by atoms with E-state index in [1.54, 1.807) is 13.0 Å². The van der Waals surface area contributed by atoms with E-state index >= 15 is 0 Å². The number of halogens is 1. The monoisotopic (exact) mass is 397 g/mol. The second kappa shape index (κ2) is 7.07. The van der Waals surface area contributed by atoms with Gasteiger partial charge in [0.05, 0.1) is 23.9 Å². The van der Waals surface area contributed by atoms with Crippen LogP contribution < -0.4 is 4.90 Å². The third-order valence-electron chi connectivity index (χ3n) is 3.97. The molecular weight excluding hydrogens is 382 g/mol. The van der Waals surface area contributed by atoms with Gasteiger partial charge in [0.1, 0.15) is 0 Å². The number of methoxy groups -OCH3 is 1. The van der Waals surface area contributed by atoms with Gasteiger partial charge in [-0.25, -0.2) is 4.79 Å². The minimum Gasteiger partial charge on any atom is -0.465 e. The van der Waals surface area contributed by atoms with Crippen LogP contribution in [0.5, 0.6) is 0 Å². The van der Waals surface area contributed by atoms with Crippen LogP contribution in [0.4, 0.5) is 5.69 Å². The molecule has 0 spiro atoms. The summed E-state index contributed by atoms with van der Waals surface area (Å²) in [6.45, 7) is 1.75. The lowest BCUT2D eigenvalue weighted by Crippen LogP contribution is -2.24. The molecule has 0 N–H and O–H groups in total. The number of carbonyl (C=O) groups excluding carboxylic acids is 2. The number of allylic oxidation sites excluding steroid dienone is 1. The van der Waals surface area contributed by atoms with E-state index in [1.165, 1.54) is 12.0 Å². The van der Waals surface area contributed by atoms with E-state index < -0.39 is 5.97 Å². The first kappa shape index (κ1) is 17.2. The quantitative estimate of drug-likeness (QED) is 0.571. The topological polar surface area (TPSA) is 46.6 Å². The number of nitrogens with zero attached hydrogens (tertiary/aromatic N) is 1. The molecule has 0 saturated heterocycles. The fourth-order valence-electron chi connectivity index (χ4n) is 2.82. The predicted octanol–water partition coefficient (Wildman–Crippen LogP) is 4.33. The van der Waals surface area contributed by atoms with Crippen LogP contribution in [-0.2, 0) is 14.3 Å². The molecule has 4 nitrogen and oxygen atoms in total. The fraction of sp³-hybridized carbons (Fsp3) is 0.100. The number of carbonyl (C=O) groups is 2. The Kier molecular flexibility index (Phi) is 4.86. The molecule has 1 heterocycles. The molecule has 2 aromatic rings. The summed E-state index contributed by atoms with van der Waals surface area (Å²) in [5.41, 5.74) is 2.70. The third-order valence-corrected chi connectivity index (χ3v) is 4.46. The first-order chi connectivity index (χ1) is 12.0. The number of benzene rings is 2. The molecule has 0 aromatic heterocycles. The molecule has 1 aliphatic heterocycles. The molecule has 0 aliphatic carbocycles. The number of anilines is 1. The minimum atomic E-state index is -0.523.